The van der Waals surface area contributed by atoms with Crippen molar-refractivity contribution >= 4 is 5.97 Å². The summed E-state index contributed by atoms with van der Waals surface area (Å²) in [5.74, 6) is 0.392. The van der Waals surface area contributed by atoms with Crippen molar-refractivity contribution in [1.82, 2.24) is 0 Å². The second-order valence-electron chi connectivity index (χ2n) is 7.50. The zero-order chi connectivity index (χ0) is 16.9. The molecule has 1 aliphatic carbocycles. The minimum atomic E-state index is -1.16. The number of hydrogen-bond acceptors (Lipinski definition) is 2. The number of carboxylic acid groups (broad SMARTS) is 1. The Balaban J connectivity index is 1.89. The number of aliphatic hydroxyl groups excluding tert-OH is 1. The SMILES string of the molecule is CCCCCCCCCCCCC1CCC1CCC(O)C(=O)O. The van der Waals surface area contributed by atoms with Crippen LogP contribution in [0.25, 0.3) is 0 Å². The molecule has 0 aromatic rings. The highest BCUT2D eigenvalue weighted by atomic mass is 16.4. The topological polar surface area (TPSA) is 57.5 Å². The van der Waals surface area contributed by atoms with Gasteiger partial charge in [0.1, 0.15) is 0 Å². The first-order valence-electron chi connectivity index (χ1n) is 10.1. The lowest BCUT2D eigenvalue weighted by Gasteiger charge is -2.37. The molecule has 3 heteroatoms. The molecule has 0 radical (unpaired) electrons. The third-order valence-electron chi connectivity index (χ3n) is 5.60. The summed E-state index contributed by atoms with van der Waals surface area (Å²) in [7, 11) is 0. The molecule has 0 aromatic carbocycles. The molecule has 3 nitrogen and oxygen atoms in total. The van der Waals surface area contributed by atoms with Gasteiger partial charge in [0.05, 0.1) is 0 Å². The Morgan fingerprint density at radius 2 is 1.35 bits per heavy atom. The van der Waals surface area contributed by atoms with Crippen molar-refractivity contribution in [2.24, 2.45) is 11.8 Å². The molecule has 3 atom stereocenters. The smallest absolute Gasteiger partial charge is 0.332 e. The lowest BCUT2D eigenvalue weighted by atomic mass is 9.69. The van der Waals surface area contributed by atoms with Crippen molar-refractivity contribution in [2.45, 2.75) is 109 Å². The molecule has 0 bridgehead atoms. The second-order valence-corrected chi connectivity index (χ2v) is 7.50. The fourth-order valence-corrected chi connectivity index (χ4v) is 3.79. The van der Waals surface area contributed by atoms with Crippen LogP contribution in [-0.2, 0) is 4.79 Å². The van der Waals surface area contributed by atoms with E-state index in [4.69, 9.17) is 5.11 Å². The van der Waals surface area contributed by atoms with E-state index >= 15 is 0 Å². The number of unbranched alkanes of at least 4 members (excludes halogenated alkanes) is 9. The highest BCUT2D eigenvalue weighted by Crippen LogP contribution is 2.41. The zero-order valence-corrected chi connectivity index (χ0v) is 15.1. The molecule has 0 aliphatic heterocycles. The average Bonchev–Trinajstić information content (AvgIpc) is 2.51. The first-order chi connectivity index (χ1) is 11.1. The number of carboxylic acids is 1. The van der Waals surface area contributed by atoms with Gasteiger partial charge in [-0.1, -0.05) is 77.6 Å². The number of rotatable bonds is 15. The van der Waals surface area contributed by atoms with Gasteiger partial charge >= 0.3 is 5.97 Å². The van der Waals surface area contributed by atoms with Gasteiger partial charge in [-0.3, -0.25) is 0 Å². The molecule has 1 saturated carbocycles. The van der Waals surface area contributed by atoms with Crippen LogP contribution in [0.15, 0.2) is 0 Å². The minimum absolute atomic E-state index is 0.425. The molecule has 0 aromatic heterocycles. The van der Waals surface area contributed by atoms with Gasteiger partial charge in [0, 0.05) is 0 Å². The van der Waals surface area contributed by atoms with E-state index in [1.807, 2.05) is 0 Å². The van der Waals surface area contributed by atoms with Crippen molar-refractivity contribution in [1.29, 1.82) is 0 Å². The fourth-order valence-electron chi connectivity index (χ4n) is 3.79. The molecular weight excluding hydrogens is 288 g/mol. The highest BCUT2D eigenvalue weighted by molar-refractivity contribution is 5.71. The van der Waals surface area contributed by atoms with E-state index in [1.54, 1.807) is 0 Å². The summed E-state index contributed by atoms with van der Waals surface area (Å²) < 4.78 is 0. The molecule has 0 amide bonds. The number of aliphatic carboxylic acids is 1. The van der Waals surface area contributed by atoms with Crippen LogP contribution in [0.5, 0.6) is 0 Å². The Morgan fingerprint density at radius 1 is 0.870 bits per heavy atom. The van der Waals surface area contributed by atoms with Gasteiger partial charge in [-0.05, 0) is 37.5 Å². The van der Waals surface area contributed by atoms with Gasteiger partial charge in [0.25, 0.3) is 0 Å². The molecule has 0 spiro atoms. The molecule has 2 N–H and O–H groups in total. The number of aliphatic hydroxyl groups is 1. The van der Waals surface area contributed by atoms with Gasteiger partial charge in [-0.25, -0.2) is 4.79 Å². The summed E-state index contributed by atoms with van der Waals surface area (Å²) in [4.78, 5) is 10.6. The number of carbonyl (C=O) groups is 1. The van der Waals surface area contributed by atoms with E-state index in [2.05, 4.69) is 6.92 Å². The van der Waals surface area contributed by atoms with Crippen LogP contribution in [0.4, 0.5) is 0 Å². The van der Waals surface area contributed by atoms with Crippen LogP contribution in [0.2, 0.25) is 0 Å². The number of hydrogen-bond donors (Lipinski definition) is 2. The molecule has 3 unspecified atom stereocenters. The van der Waals surface area contributed by atoms with Crippen LogP contribution >= 0.6 is 0 Å². The van der Waals surface area contributed by atoms with Gasteiger partial charge in [0.2, 0.25) is 0 Å². The minimum Gasteiger partial charge on any atom is -0.479 e. The van der Waals surface area contributed by atoms with Crippen molar-refractivity contribution in [2.75, 3.05) is 0 Å². The molecule has 1 rings (SSSR count). The van der Waals surface area contributed by atoms with Gasteiger partial charge < -0.3 is 10.2 Å². The maximum absolute atomic E-state index is 10.6. The molecule has 1 fully saturated rings. The first-order valence-corrected chi connectivity index (χ1v) is 10.1. The van der Waals surface area contributed by atoms with Crippen molar-refractivity contribution in [3.05, 3.63) is 0 Å². The van der Waals surface area contributed by atoms with E-state index in [1.165, 1.54) is 83.5 Å². The summed E-state index contributed by atoms with van der Waals surface area (Å²) in [6, 6.07) is 0. The second kappa shape index (κ2) is 12.8. The van der Waals surface area contributed by atoms with E-state index in [0.717, 1.165) is 12.3 Å². The van der Waals surface area contributed by atoms with Crippen LogP contribution < -0.4 is 0 Å². The normalized spacial score (nSPS) is 21.8. The van der Waals surface area contributed by atoms with Crippen molar-refractivity contribution < 1.29 is 15.0 Å². The summed E-state index contributed by atoms with van der Waals surface area (Å²) in [5, 5.41) is 18.1. The van der Waals surface area contributed by atoms with Crippen molar-refractivity contribution in [3.8, 4) is 0 Å². The first kappa shape index (κ1) is 20.5. The Morgan fingerprint density at radius 3 is 1.83 bits per heavy atom. The van der Waals surface area contributed by atoms with E-state index in [-0.39, 0.29) is 0 Å². The maximum atomic E-state index is 10.6. The molecular formula is C20H38O3. The largest absolute Gasteiger partial charge is 0.479 e. The van der Waals surface area contributed by atoms with Crippen LogP contribution in [-0.4, -0.2) is 22.3 Å². The Bertz CT molecular complexity index is 303. The third-order valence-corrected chi connectivity index (χ3v) is 5.60. The molecule has 1 aliphatic rings. The van der Waals surface area contributed by atoms with E-state index < -0.39 is 12.1 Å². The lowest BCUT2D eigenvalue weighted by Crippen LogP contribution is -2.28. The Kier molecular flexibility index (Phi) is 11.4. The van der Waals surface area contributed by atoms with E-state index in [0.29, 0.717) is 12.3 Å². The molecule has 0 saturated heterocycles. The Labute approximate surface area is 142 Å². The summed E-state index contributed by atoms with van der Waals surface area (Å²) in [6.45, 7) is 2.26. The van der Waals surface area contributed by atoms with Crippen LogP contribution in [0.1, 0.15) is 103 Å². The maximum Gasteiger partial charge on any atom is 0.332 e. The quantitative estimate of drug-likeness (QED) is 0.388. The fraction of sp³-hybridized carbons (Fsp3) is 0.950. The monoisotopic (exact) mass is 326 g/mol. The van der Waals surface area contributed by atoms with E-state index in [9.17, 15) is 9.90 Å². The summed E-state index contributed by atoms with van der Waals surface area (Å²) >= 11 is 0. The van der Waals surface area contributed by atoms with Crippen molar-refractivity contribution in [3.63, 3.8) is 0 Å². The third kappa shape index (κ3) is 9.34. The lowest BCUT2D eigenvalue weighted by molar-refractivity contribution is -0.147. The average molecular weight is 327 g/mol. The summed E-state index contributed by atoms with van der Waals surface area (Å²) in [6.07, 6.45) is 17.8. The standard InChI is InChI=1S/C20H38O3/c1-2-3-4-5-6-7-8-9-10-11-12-17-13-14-18(17)15-16-19(21)20(22)23/h17-19,21H,2-16H2,1H3,(H,22,23). The van der Waals surface area contributed by atoms with Crippen LogP contribution in [0.3, 0.4) is 0 Å². The molecule has 23 heavy (non-hydrogen) atoms. The van der Waals surface area contributed by atoms with Gasteiger partial charge in [-0.15, -0.1) is 0 Å². The van der Waals surface area contributed by atoms with Gasteiger partial charge in [0.15, 0.2) is 6.10 Å². The molecule has 136 valence electrons. The predicted molar refractivity (Wildman–Crippen MR) is 95.6 cm³/mol. The van der Waals surface area contributed by atoms with Crippen LogP contribution in [0, 0.1) is 11.8 Å². The molecule has 0 heterocycles. The Hall–Kier alpha value is -0.570. The zero-order valence-electron chi connectivity index (χ0n) is 15.1. The highest BCUT2D eigenvalue weighted by Gasteiger charge is 2.30. The van der Waals surface area contributed by atoms with Gasteiger partial charge in [-0.2, -0.15) is 0 Å². The predicted octanol–water partition coefficient (Wildman–Crippen LogP) is 5.55. The summed E-state index contributed by atoms with van der Waals surface area (Å²) in [5.41, 5.74) is 0.